The summed E-state index contributed by atoms with van der Waals surface area (Å²) in [7, 11) is 1.55. The van der Waals surface area contributed by atoms with E-state index in [0.29, 0.717) is 30.0 Å². The number of carbonyl (C=O) groups excluding carboxylic acids is 5. The second-order valence-electron chi connectivity index (χ2n) is 8.48. The van der Waals surface area contributed by atoms with E-state index in [0.717, 1.165) is 4.90 Å². The van der Waals surface area contributed by atoms with Crippen LogP contribution < -0.4 is 15.4 Å². The lowest BCUT2D eigenvalue weighted by Gasteiger charge is -2.12. The molecule has 3 aromatic carbocycles. The normalized spacial score (nSPS) is 12.2. The van der Waals surface area contributed by atoms with Crippen molar-refractivity contribution in [3.63, 3.8) is 0 Å². The van der Waals surface area contributed by atoms with Crippen LogP contribution in [0.4, 0.5) is 11.4 Å². The van der Waals surface area contributed by atoms with Gasteiger partial charge < -0.3 is 20.1 Å². The number of esters is 1. The molecule has 1 aliphatic rings. The van der Waals surface area contributed by atoms with Crippen molar-refractivity contribution >= 4 is 41.0 Å². The molecule has 3 aromatic rings. The Kier molecular flexibility index (Phi) is 7.93. The van der Waals surface area contributed by atoms with Crippen LogP contribution in [0.1, 0.15) is 54.8 Å². The molecule has 0 saturated heterocycles. The van der Waals surface area contributed by atoms with Crippen molar-refractivity contribution < 1.29 is 33.4 Å². The van der Waals surface area contributed by atoms with Crippen molar-refractivity contribution in [3.8, 4) is 5.75 Å². The Morgan fingerprint density at radius 2 is 1.39 bits per heavy atom. The molecule has 0 spiro atoms. The molecule has 4 rings (SSSR count). The maximum Gasteiger partial charge on any atom is 0.308 e. The summed E-state index contributed by atoms with van der Waals surface area (Å²) in [5, 5.41) is 5.48. The van der Waals surface area contributed by atoms with Gasteiger partial charge >= 0.3 is 5.97 Å². The van der Waals surface area contributed by atoms with Crippen LogP contribution in [0.3, 0.4) is 0 Å². The van der Waals surface area contributed by atoms with E-state index >= 15 is 0 Å². The first kappa shape index (κ1) is 26.2. The summed E-state index contributed by atoms with van der Waals surface area (Å²) in [6.45, 7) is 1.94. The summed E-state index contributed by atoms with van der Waals surface area (Å²) in [6.07, 6.45) is 0.520. The first-order chi connectivity index (χ1) is 18.3. The zero-order chi connectivity index (χ0) is 27.2. The number of nitrogens with one attached hydrogen (secondary N) is 2. The van der Waals surface area contributed by atoms with Crippen LogP contribution in [0.5, 0.6) is 5.75 Å². The standard InChI is InChI=1S/C28H25N3O7/c1-17(32)38-22-6-3-5-18(15-22)25(33)29-20-8-10-21(11-9-20)30-26(34)19-7-12-23-24(16-19)28(36)31(27(23)35)13-4-14-37-2/h3,5-12,15-16H,4,13-14H2,1-2H3,(H,29,33)(H,30,34). The zero-order valence-corrected chi connectivity index (χ0v) is 20.8. The molecule has 38 heavy (non-hydrogen) atoms. The number of hydrogen-bond donors (Lipinski definition) is 2. The minimum absolute atomic E-state index is 0.191. The Morgan fingerprint density at radius 1 is 0.789 bits per heavy atom. The summed E-state index contributed by atoms with van der Waals surface area (Å²) in [5.74, 6) is -1.90. The van der Waals surface area contributed by atoms with Gasteiger partial charge in [0.1, 0.15) is 5.75 Å². The lowest BCUT2D eigenvalue weighted by atomic mass is 10.1. The monoisotopic (exact) mass is 515 g/mol. The highest BCUT2D eigenvalue weighted by molar-refractivity contribution is 6.22. The molecular formula is C28H25N3O7. The van der Waals surface area contributed by atoms with Crippen LogP contribution in [-0.4, -0.2) is 54.8 Å². The largest absolute Gasteiger partial charge is 0.427 e. The molecule has 1 aliphatic heterocycles. The lowest BCUT2D eigenvalue weighted by molar-refractivity contribution is -0.131. The van der Waals surface area contributed by atoms with Gasteiger partial charge in [0.2, 0.25) is 0 Å². The van der Waals surface area contributed by atoms with Crippen LogP contribution in [0.25, 0.3) is 0 Å². The Labute approximate surface area is 218 Å². The maximum absolute atomic E-state index is 12.8. The second kappa shape index (κ2) is 11.5. The van der Waals surface area contributed by atoms with Crippen molar-refractivity contribution in [3.05, 3.63) is 89.0 Å². The van der Waals surface area contributed by atoms with E-state index in [-0.39, 0.29) is 34.9 Å². The molecule has 0 radical (unpaired) electrons. The van der Waals surface area contributed by atoms with Crippen LogP contribution in [0.2, 0.25) is 0 Å². The summed E-state index contributed by atoms with van der Waals surface area (Å²) >= 11 is 0. The SMILES string of the molecule is COCCCN1C(=O)c2ccc(C(=O)Nc3ccc(NC(=O)c4cccc(OC(C)=O)c4)cc3)cc2C1=O. The fourth-order valence-electron chi connectivity index (χ4n) is 3.91. The number of fused-ring (bicyclic) bond motifs is 1. The molecule has 194 valence electrons. The molecule has 0 aromatic heterocycles. The number of rotatable bonds is 9. The smallest absolute Gasteiger partial charge is 0.308 e. The predicted octanol–water partition coefficient (Wildman–Crippen LogP) is 3.75. The fourth-order valence-corrected chi connectivity index (χ4v) is 3.91. The third-order valence-electron chi connectivity index (χ3n) is 5.72. The molecule has 0 aliphatic carbocycles. The Balaban J connectivity index is 1.39. The van der Waals surface area contributed by atoms with Crippen LogP contribution in [-0.2, 0) is 9.53 Å². The number of hydrogen-bond acceptors (Lipinski definition) is 7. The first-order valence-corrected chi connectivity index (χ1v) is 11.8. The third-order valence-corrected chi connectivity index (χ3v) is 5.72. The van der Waals surface area contributed by atoms with Gasteiger partial charge in [-0.05, 0) is 67.1 Å². The molecule has 2 N–H and O–H groups in total. The van der Waals surface area contributed by atoms with Gasteiger partial charge in [-0.15, -0.1) is 0 Å². The molecule has 0 saturated carbocycles. The van der Waals surface area contributed by atoms with Crippen molar-refractivity contribution in [2.75, 3.05) is 30.9 Å². The second-order valence-corrected chi connectivity index (χ2v) is 8.48. The van der Waals surface area contributed by atoms with E-state index in [1.807, 2.05) is 0 Å². The molecule has 10 nitrogen and oxygen atoms in total. The topological polar surface area (TPSA) is 131 Å². The summed E-state index contributed by atoms with van der Waals surface area (Å²) in [6, 6.07) is 17.1. The van der Waals surface area contributed by atoms with Gasteiger partial charge in [0.25, 0.3) is 23.6 Å². The molecule has 0 bridgehead atoms. The van der Waals surface area contributed by atoms with E-state index in [2.05, 4.69) is 10.6 Å². The third kappa shape index (κ3) is 5.93. The molecule has 1 heterocycles. The summed E-state index contributed by atoms with van der Waals surface area (Å²) in [5.41, 5.74) is 1.95. The highest BCUT2D eigenvalue weighted by Crippen LogP contribution is 2.25. The van der Waals surface area contributed by atoms with Crippen LogP contribution >= 0.6 is 0 Å². The predicted molar refractivity (Wildman–Crippen MR) is 138 cm³/mol. The van der Waals surface area contributed by atoms with E-state index in [9.17, 15) is 24.0 Å². The molecule has 0 fully saturated rings. The number of benzene rings is 3. The molecule has 4 amide bonds. The van der Waals surface area contributed by atoms with E-state index in [1.165, 1.54) is 31.2 Å². The maximum atomic E-state index is 12.8. The number of nitrogens with zero attached hydrogens (tertiary/aromatic N) is 1. The average molecular weight is 516 g/mol. The number of imide groups is 1. The molecular weight excluding hydrogens is 490 g/mol. The minimum atomic E-state index is -0.486. The average Bonchev–Trinajstić information content (AvgIpc) is 3.14. The first-order valence-electron chi connectivity index (χ1n) is 11.8. The zero-order valence-electron chi connectivity index (χ0n) is 20.8. The lowest BCUT2D eigenvalue weighted by Crippen LogP contribution is -2.31. The van der Waals surface area contributed by atoms with Crippen molar-refractivity contribution in [1.82, 2.24) is 4.90 Å². The fraction of sp³-hybridized carbons (Fsp3) is 0.179. The van der Waals surface area contributed by atoms with Crippen LogP contribution in [0, 0.1) is 0 Å². The highest BCUT2D eigenvalue weighted by atomic mass is 16.5. The van der Waals surface area contributed by atoms with Gasteiger partial charge in [0.05, 0.1) is 11.1 Å². The van der Waals surface area contributed by atoms with Gasteiger partial charge in [-0.25, -0.2) is 0 Å². The highest BCUT2D eigenvalue weighted by Gasteiger charge is 2.35. The number of carbonyl (C=O) groups is 5. The Bertz CT molecular complexity index is 1420. The van der Waals surface area contributed by atoms with Gasteiger partial charge in [0.15, 0.2) is 0 Å². The number of methoxy groups -OCH3 is 1. The number of amides is 4. The molecule has 0 unspecified atom stereocenters. The summed E-state index contributed by atoms with van der Waals surface area (Å²) < 4.78 is 9.98. The Hall–Kier alpha value is -4.83. The quantitative estimate of drug-likeness (QED) is 0.192. The summed E-state index contributed by atoms with van der Waals surface area (Å²) in [4.78, 5) is 62.9. The van der Waals surface area contributed by atoms with E-state index in [4.69, 9.17) is 9.47 Å². The van der Waals surface area contributed by atoms with Crippen LogP contribution in [0.15, 0.2) is 66.7 Å². The van der Waals surface area contributed by atoms with E-state index < -0.39 is 23.7 Å². The minimum Gasteiger partial charge on any atom is -0.427 e. The van der Waals surface area contributed by atoms with Gasteiger partial charge in [0, 0.05) is 49.7 Å². The van der Waals surface area contributed by atoms with Gasteiger partial charge in [-0.1, -0.05) is 6.07 Å². The van der Waals surface area contributed by atoms with Crippen molar-refractivity contribution in [2.45, 2.75) is 13.3 Å². The Morgan fingerprint density at radius 3 is 2.00 bits per heavy atom. The number of ether oxygens (including phenoxy) is 2. The van der Waals surface area contributed by atoms with Gasteiger partial charge in [-0.3, -0.25) is 28.9 Å². The van der Waals surface area contributed by atoms with Crippen molar-refractivity contribution in [2.24, 2.45) is 0 Å². The van der Waals surface area contributed by atoms with E-state index in [1.54, 1.807) is 49.6 Å². The molecule has 10 heteroatoms. The van der Waals surface area contributed by atoms with Gasteiger partial charge in [-0.2, -0.15) is 0 Å². The van der Waals surface area contributed by atoms with Crippen molar-refractivity contribution in [1.29, 1.82) is 0 Å². The molecule has 0 atom stereocenters. The number of anilines is 2.